The number of fused-ring (bicyclic) bond motifs is 1. The summed E-state index contributed by atoms with van der Waals surface area (Å²) < 4.78 is 10.4. The van der Waals surface area contributed by atoms with Crippen LogP contribution in [0.3, 0.4) is 0 Å². The highest BCUT2D eigenvalue weighted by atomic mass is 16.5. The smallest absolute Gasteiger partial charge is 0.0946 e. The third kappa shape index (κ3) is 2.57. The fourth-order valence-electron chi connectivity index (χ4n) is 3.94. The number of aromatic nitrogens is 4. The van der Waals surface area contributed by atoms with Gasteiger partial charge in [0.1, 0.15) is 0 Å². The number of rotatable bonds is 4. The maximum atomic E-state index is 6.15. The van der Waals surface area contributed by atoms with Crippen molar-refractivity contribution in [3.05, 3.63) is 36.9 Å². The molecule has 22 heavy (non-hydrogen) atoms. The van der Waals surface area contributed by atoms with Crippen LogP contribution in [0.1, 0.15) is 18.5 Å². The molecule has 2 aliphatic rings. The molecule has 3 atom stereocenters. The lowest BCUT2D eigenvalue weighted by Crippen LogP contribution is -2.50. The average molecular weight is 301 g/mol. The zero-order valence-corrected chi connectivity index (χ0v) is 13.0. The van der Waals surface area contributed by atoms with Gasteiger partial charge in [0.25, 0.3) is 0 Å². The highest BCUT2D eigenvalue weighted by molar-refractivity contribution is 5.01. The molecule has 6 heteroatoms. The molecule has 0 bridgehead atoms. The fraction of sp³-hybridized carbons (Fsp3) is 0.625. The summed E-state index contributed by atoms with van der Waals surface area (Å²) in [6.45, 7) is 3.84. The van der Waals surface area contributed by atoms with Crippen LogP contribution in [0, 0.1) is 5.92 Å². The Labute approximate surface area is 130 Å². The third-order valence-electron chi connectivity index (χ3n) is 5.12. The predicted octanol–water partition coefficient (Wildman–Crippen LogP) is 1.30. The van der Waals surface area contributed by atoms with Gasteiger partial charge in [0.05, 0.1) is 31.1 Å². The lowest BCUT2D eigenvalue weighted by molar-refractivity contribution is -0.0791. The van der Waals surface area contributed by atoms with Gasteiger partial charge in [-0.25, -0.2) is 9.97 Å². The van der Waals surface area contributed by atoms with Crippen molar-refractivity contribution < 1.29 is 4.74 Å². The second kappa shape index (κ2) is 5.85. The summed E-state index contributed by atoms with van der Waals surface area (Å²) in [4.78, 5) is 11.0. The summed E-state index contributed by atoms with van der Waals surface area (Å²) in [5.41, 5.74) is 1.28. The van der Waals surface area contributed by atoms with Gasteiger partial charge in [-0.3, -0.25) is 4.90 Å². The minimum absolute atomic E-state index is 0.351. The number of nitrogens with zero attached hydrogens (tertiary/aromatic N) is 5. The van der Waals surface area contributed by atoms with Crippen LogP contribution in [0.5, 0.6) is 0 Å². The molecule has 1 aliphatic carbocycles. The molecular formula is C16H23N5O. The van der Waals surface area contributed by atoms with E-state index in [0.29, 0.717) is 18.1 Å². The summed E-state index contributed by atoms with van der Waals surface area (Å²) in [6.07, 6.45) is 12.5. The Balaban J connectivity index is 1.45. The molecule has 0 spiro atoms. The molecule has 1 aliphatic heterocycles. The molecule has 0 radical (unpaired) electrons. The first kappa shape index (κ1) is 14.0. The van der Waals surface area contributed by atoms with Gasteiger partial charge in [0.15, 0.2) is 0 Å². The molecule has 1 saturated carbocycles. The molecule has 4 rings (SSSR count). The first-order valence-electron chi connectivity index (χ1n) is 8.08. The van der Waals surface area contributed by atoms with Crippen LogP contribution >= 0.6 is 0 Å². The average Bonchev–Trinajstić information content (AvgIpc) is 3.24. The van der Waals surface area contributed by atoms with E-state index in [9.17, 15) is 0 Å². The predicted molar refractivity (Wildman–Crippen MR) is 82.1 cm³/mol. The van der Waals surface area contributed by atoms with Crippen LogP contribution in [0.4, 0.5) is 0 Å². The van der Waals surface area contributed by atoms with E-state index in [2.05, 4.69) is 31.0 Å². The number of imidazole rings is 2. The summed E-state index contributed by atoms with van der Waals surface area (Å²) in [7, 11) is 2.07. The monoisotopic (exact) mass is 301 g/mol. The molecule has 0 aromatic carbocycles. The van der Waals surface area contributed by atoms with E-state index in [-0.39, 0.29) is 0 Å². The second-order valence-corrected chi connectivity index (χ2v) is 6.47. The molecule has 1 saturated heterocycles. The summed E-state index contributed by atoms with van der Waals surface area (Å²) >= 11 is 0. The highest BCUT2D eigenvalue weighted by Gasteiger charge is 2.42. The molecule has 118 valence electrons. The molecule has 2 aromatic heterocycles. The van der Waals surface area contributed by atoms with Crippen LogP contribution in [0.25, 0.3) is 0 Å². The van der Waals surface area contributed by atoms with E-state index in [0.717, 1.165) is 26.2 Å². The summed E-state index contributed by atoms with van der Waals surface area (Å²) in [5, 5.41) is 0. The van der Waals surface area contributed by atoms with Crippen molar-refractivity contribution in [2.75, 3.05) is 13.2 Å². The van der Waals surface area contributed by atoms with E-state index >= 15 is 0 Å². The van der Waals surface area contributed by atoms with E-state index in [1.165, 1.54) is 18.5 Å². The van der Waals surface area contributed by atoms with Gasteiger partial charge in [0.2, 0.25) is 0 Å². The van der Waals surface area contributed by atoms with Crippen LogP contribution in [-0.4, -0.2) is 49.3 Å². The van der Waals surface area contributed by atoms with Crippen LogP contribution in [0.2, 0.25) is 0 Å². The minimum Gasteiger partial charge on any atom is -0.375 e. The SMILES string of the molecule is Cn1cncc1CN1CCO[C@@H]2[C@@H](Cn3ccnc3)CC[C@H]21. The van der Waals surface area contributed by atoms with Crippen molar-refractivity contribution >= 4 is 0 Å². The molecule has 0 unspecified atom stereocenters. The number of ether oxygens (including phenoxy) is 1. The standard InChI is InChI=1S/C16H23N5O/c1-19-11-18-8-14(19)10-21-6-7-22-16-13(2-3-15(16)21)9-20-5-4-17-12-20/h4-5,8,11-13,15-16H,2-3,6-7,9-10H2,1H3/t13-,15-,16-/m1/s1. The minimum atomic E-state index is 0.351. The third-order valence-corrected chi connectivity index (χ3v) is 5.12. The van der Waals surface area contributed by atoms with Crippen molar-refractivity contribution in [2.45, 2.75) is 38.1 Å². The quantitative estimate of drug-likeness (QED) is 0.854. The second-order valence-electron chi connectivity index (χ2n) is 6.47. The summed E-state index contributed by atoms with van der Waals surface area (Å²) in [6, 6.07) is 0.539. The number of hydrogen-bond acceptors (Lipinski definition) is 4. The Morgan fingerprint density at radius 1 is 1.27 bits per heavy atom. The van der Waals surface area contributed by atoms with Gasteiger partial charge < -0.3 is 13.9 Å². The number of morpholine rings is 1. The van der Waals surface area contributed by atoms with Crippen molar-refractivity contribution in [1.82, 2.24) is 24.0 Å². The van der Waals surface area contributed by atoms with Gasteiger partial charge in [-0.2, -0.15) is 0 Å². The van der Waals surface area contributed by atoms with Gasteiger partial charge in [-0.05, 0) is 12.8 Å². The van der Waals surface area contributed by atoms with E-state index in [1.807, 2.05) is 31.2 Å². The largest absolute Gasteiger partial charge is 0.375 e. The molecule has 2 fully saturated rings. The Kier molecular flexibility index (Phi) is 3.72. The van der Waals surface area contributed by atoms with Gasteiger partial charge in [-0.1, -0.05) is 0 Å². The van der Waals surface area contributed by atoms with E-state index in [4.69, 9.17) is 4.74 Å². The first-order chi connectivity index (χ1) is 10.8. The number of hydrogen-bond donors (Lipinski definition) is 0. The van der Waals surface area contributed by atoms with Gasteiger partial charge >= 0.3 is 0 Å². The first-order valence-corrected chi connectivity index (χ1v) is 8.08. The molecule has 6 nitrogen and oxygen atoms in total. The molecule has 0 amide bonds. The topological polar surface area (TPSA) is 48.1 Å². The van der Waals surface area contributed by atoms with Crippen LogP contribution < -0.4 is 0 Å². The fourth-order valence-corrected chi connectivity index (χ4v) is 3.94. The Hall–Kier alpha value is -1.66. The number of aryl methyl sites for hydroxylation is 1. The van der Waals surface area contributed by atoms with E-state index in [1.54, 1.807) is 0 Å². The van der Waals surface area contributed by atoms with E-state index < -0.39 is 0 Å². The normalized spacial score (nSPS) is 28.9. The Morgan fingerprint density at radius 2 is 2.23 bits per heavy atom. The van der Waals surface area contributed by atoms with Crippen molar-refractivity contribution in [3.8, 4) is 0 Å². The van der Waals surface area contributed by atoms with Crippen LogP contribution in [-0.2, 0) is 24.9 Å². The van der Waals surface area contributed by atoms with Crippen molar-refractivity contribution in [3.63, 3.8) is 0 Å². The zero-order chi connectivity index (χ0) is 14.9. The van der Waals surface area contributed by atoms with Gasteiger partial charge in [0, 0.05) is 57.2 Å². The molecule has 2 aromatic rings. The maximum Gasteiger partial charge on any atom is 0.0946 e. The zero-order valence-electron chi connectivity index (χ0n) is 13.0. The summed E-state index contributed by atoms with van der Waals surface area (Å²) in [5.74, 6) is 0.591. The van der Waals surface area contributed by atoms with Crippen LogP contribution in [0.15, 0.2) is 31.2 Å². The maximum absolute atomic E-state index is 6.15. The lowest BCUT2D eigenvalue weighted by Gasteiger charge is -2.39. The van der Waals surface area contributed by atoms with Crippen molar-refractivity contribution in [1.29, 1.82) is 0 Å². The molecular weight excluding hydrogens is 278 g/mol. The van der Waals surface area contributed by atoms with Gasteiger partial charge in [-0.15, -0.1) is 0 Å². The Bertz CT molecular complexity index is 608. The highest BCUT2D eigenvalue weighted by Crippen LogP contribution is 2.36. The molecule has 3 heterocycles. The Morgan fingerprint density at radius 3 is 3.00 bits per heavy atom. The lowest BCUT2D eigenvalue weighted by atomic mass is 10.0. The molecule has 0 N–H and O–H groups in total. The van der Waals surface area contributed by atoms with Crippen molar-refractivity contribution in [2.24, 2.45) is 13.0 Å².